The normalized spacial score (nSPS) is 19.5. The van der Waals surface area contributed by atoms with Gasteiger partial charge in [0.05, 0.1) is 18.4 Å². The van der Waals surface area contributed by atoms with Gasteiger partial charge in [-0.25, -0.2) is 9.50 Å². The molecule has 0 unspecified atom stereocenters. The summed E-state index contributed by atoms with van der Waals surface area (Å²) in [6.45, 7) is 6.54. The molecule has 0 aromatic carbocycles. The number of hydrogen-bond acceptors (Lipinski definition) is 8. The number of aromatic nitrogens is 5. The van der Waals surface area contributed by atoms with E-state index in [4.69, 9.17) is 4.52 Å². The summed E-state index contributed by atoms with van der Waals surface area (Å²) in [7, 11) is 0. The van der Waals surface area contributed by atoms with Gasteiger partial charge in [0.1, 0.15) is 0 Å². The fourth-order valence-electron chi connectivity index (χ4n) is 2.96. The van der Waals surface area contributed by atoms with Crippen molar-refractivity contribution < 1.29 is 4.52 Å². The SMILES string of the molecule is Cc1cn2nc(N[C@H]3CCCN(Cc4noc(C)n4)C3)sc2n1. The highest BCUT2D eigenvalue weighted by molar-refractivity contribution is 7.20. The summed E-state index contributed by atoms with van der Waals surface area (Å²) in [6, 6.07) is 0.383. The summed E-state index contributed by atoms with van der Waals surface area (Å²) in [5.41, 5.74) is 0.995. The molecule has 1 aliphatic rings. The Balaban J connectivity index is 1.39. The van der Waals surface area contributed by atoms with Crippen molar-refractivity contribution in [1.29, 1.82) is 0 Å². The van der Waals surface area contributed by atoms with Crippen LogP contribution in [0.15, 0.2) is 10.7 Å². The molecule has 8 nitrogen and oxygen atoms in total. The van der Waals surface area contributed by atoms with E-state index in [0.29, 0.717) is 11.9 Å². The molecule has 3 aromatic rings. The lowest BCUT2D eigenvalue weighted by Gasteiger charge is -2.32. The van der Waals surface area contributed by atoms with Gasteiger partial charge in [-0.15, -0.1) is 5.10 Å². The van der Waals surface area contributed by atoms with Gasteiger partial charge in [0, 0.05) is 19.5 Å². The quantitative estimate of drug-likeness (QED) is 0.780. The summed E-state index contributed by atoms with van der Waals surface area (Å²) < 4.78 is 6.88. The van der Waals surface area contributed by atoms with Crippen LogP contribution in [0.25, 0.3) is 4.96 Å². The average Bonchev–Trinajstić information content (AvgIpc) is 3.14. The minimum atomic E-state index is 0.383. The van der Waals surface area contributed by atoms with E-state index in [0.717, 1.165) is 54.1 Å². The summed E-state index contributed by atoms with van der Waals surface area (Å²) in [4.78, 5) is 12.0. The molecule has 1 saturated heterocycles. The largest absolute Gasteiger partial charge is 0.356 e. The number of piperidine rings is 1. The van der Waals surface area contributed by atoms with Crippen LogP contribution in [-0.4, -0.2) is 48.8 Å². The second-order valence-electron chi connectivity index (χ2n) is 5.96. The van der Waals surface area contributed by atoms with E-state index < -0.39 is 0 Å². The molecular formula is C14H19N7OS. The topological polar surface area (TPSA) is 84.4 Å². The molecule has 4 rings (SSSR count). The molecule has 0 aliphatic carbocycles. The van der Waals surface area contributed by atoms with Crippen LogP contribution in [-0.2, 0) is 6.54 Å². The van der Waals surface area contributed by atoms with Crippen molar-refractivity contribution in [3.05, 3.63) is 23.6 Å². The Labute approximate surface area is 137 Å². The van der Waals surface area contributed by atoms with Crippen LogP contribution < -0.4 is 5.32 Å². The van der Waals surface area contributed by atoms with Crippen LogP contribution in [0, 0.1) is 13.8 Å². The molecule has 23 heavy (non-hydrogen) atoms. The molecule has 0 radical (unpaired) electrons. The standard InChI is InChI=1S/C14H19N7OS/c1-9-6-21-14(15-9)23-13(18-21)17-11-4-3-5-20(7-11)8-12-16-10(2)22-19-12/h6,11H,3-5,7-8H2,1-2H3,(H,17,18)/t11-/m0/s1. The van der Waals surface area contributed by atoms with Crippen molar-refractivity contribution >= 4 is 21.4 Å². The van der Waals surface area contributed by atoms with Crippen LogP contribution in [0.2, 0.25) is 0 Å². The monoisotopic (exact) mass is 333 g/mol. The van der Waals surface area contributed by atoms with Gasteiger partial charge >= 0.3 is 0 Å². The zero-order valence-corrected chi connectivity index (χ0v) is 14.0. The van der Waals surface area contributed by atoms with Gasteiger partial charge in [0.15, 0.2) is 5.82 Å². The van der Waals surface area contributed by atoms with Crippen molar-refractivity contribution in [2.75, 3.05) is 18.4 Å². The number of rotatable bonds is 4. The van der Waals surface area contributed by atoms with Crippen LogP contribution in [0.5, 0.6) is 0 Å². The Morgan fingerprint density at radius 3 is 3.09 bits per heavy atom. The van der Waals surface area contributed by atoms with Crippen molar-refractivity contribution in [1.82, 2.24) is 29.6 Å². The molecule has 1 atom stereocenters. The zero-order valence-electron chi connectivity index (χ0n) is 13.2. The van der Waals surface area contributed by atoms with Gasteiger partial charge in [-0.3, -0.25) is 4.90 Å². The predicted molar refractivity (Wildman–Crippen MR) is 86.6 cm³/mol. The second-order valence-corrected chi connectivity index (χ2v) is 6.92. The van der Waals surface area contributed by atoms with Gasteiger partial charge < -0.3 is 9.84 Å². The Morgan fingerprint density at radius 1 is 1.39 bits per heavy atom. The Morgan fingerprint density at radius 2 is 2.30 bits per heavy atom. The summed E-state index contributed by atoms with van der Waals surface area (Å²) in [5, 5.41) is 13.0. The minimum Gasteiger partial charge on any atom is -0.356 e. The molecule has 1 fully saturated rings. The molecule has 0 amide bonds. The molecule has 0 spiro atoms. The molecule has 122 valence electrons. The van der Waals surface area contributed by atoms with Crippen LogP contribution in [0.1, 0.15) is 30.3 Å². The number of nitrogens with zero attached hydrogens (tertiary/aromatic N) is 6. The fraction of sp³-hybridized carbons (Fsp3) is 0.571. The molecule has 3 aromatic heterocycles. The van der Waals surface area contributed by atoms with E-state index in [2.05, 4.69) is 30.4 Å². The number of anilines is 1. The molecule has 1 aliphatic heterocycles. The van der Waals surface area contributed by atoms with Gasteiger partial charge in [-0.2, -0.15) is 4.98 Å². The molecule has 1 N–H and O–H groups in total. The first-order chi connectivity index (χ1) is 11.2. The first-order valence-electron chi connectivity index (χ1n) is 7.76. The Hall–Kier alpha value is -2.00. The fourth-order valence-corrected chi connectivity index (χ4v) is 3.87. The number of nitrogens with one attached hydrogen (secondary N) is 1. The van der Waals surface area contributed by atoms with Crippen molar-refractivity contribution in [3.8, 4) is 0 Å². The third-order valence-corrected chi connectivity index (χ3v) is 4.79. The van der Waals surface area contributed by atoms with Gasteiger partial charge in [-0.05, 0) is 26.3 Å². The average molecular weight is 333 g/mol. The zero-order chi connectivity index (χ0) is 15.8. The maximum absolute atomic E-state index is 5.04. The van der Waals surface area contributed by atoms with E-state index in [1.165, 1.54) is 0 Å². The van der Waals surface area contributed by atoms with Crippen molar-refractivity contribution in [2.45, 2.75) is 39.3 Å². The first-order valence-corrected chi connectivity index (χ1v) is 8.58. The molecule has 4 heterocycles. The van der Waals surface area contributed by atoms with Crippen LogP contribution in [0.3, 0.4) is 0 Å². The second kappa shape index (κ2) is 5.89. The third-order valence-electron chi connectivity index (χ3n) is 3.93. The number of aryl methyl sites for hydroxylation is 2. The van der Waals surface area contributed by atoms with Crippen LogP contribution >= 0.6 is 11.3 Å². The van der Waals surface area contributed by atoms with E-state index in [1.807, 2.05) is 24.6 Å². The Kier molecular flexibility index (Phi) is 3.74. The van der Waals surface area contributed by atoms with Gasteiger partial charge in [-0.1, -0.05) is 16.5 Å². The lowest BCUT2D eigenvalue weighted by Crippen LogP contribution is -2.41. The third kappa shape index (κ3) is 3.20. The molecule has 0 saturated carbocycles. The molecule has 9 heteroatoms. The summed E-state index contributed by atoms with van der Waals surface area (Å²) in [6.07, 6.45) is 4.24. The van der Waals surface area contributed by atoms with E-state index in [-0.39, 0.29) is 0 Å². The minimum absolute atomic E-state index is 0.383. The first kappa shape index (κ1) is 14.6. The maximum Gasteiger partial charge on any atom is 0.223 e. The van der Waals surface area contributed by atoms with Crippen LogP contribution in [0.4, 0.5) is 5.13 Å². The van der Waals surface area contributed by atoms with E-state index >= 15 is 0 Å². The highest BCUT2D eigenvalue weighted by Crippen LogP contribution is 2.22. The Bertz CT molecular complexity index is 776. The van der Waals surface area contributed by atoms with Crippen molar-refractivity contribution in [3.63, 3.8) is 0 Å². The number of hydrogen-bond donors (Lipinski definition) is 1. The summed E-state index contributed by atoms with van der Waals surface area (Å²) >= 11 is 1.59. The molecular weight excluding hydrogens is 314 g/mol. The van der Waals surface area contributed by atoms with Gasteiger partial charge in [0.25, 0.3) is 0 Å². The smallest absolute Gasteiger partial charge is 0.223 e. The number of likely N-dealkylation sites (tertiary alicyclic amines) is 1. The molecule has 0 bridgehead atoms. The summed E-state index contributed by atoms with van der Waals surface area (Å²) in [5.74, 6) is 1.37. The number of imidazole rings is 1. The predicted octanol–water partition coefficient (Wildman–Crippen LogP) is 1.87. The lowest BCUT2D eigenvalue weighted by atomic mass is 10.1. The van der Waals surface area contributed by atoms with Crippen molar-refractivity contribution in [2.24, 2.45) is 0 Å². The number of fused-ring (bicyclic) bond motifs is 1. The van der Waals surface area contributed by atoms with E-state index in [9.17, 15) is 0 Å². The highest BCUT2D eigenvalue weighted by Gasteiger charge is 2.22. The van der Waals surface area contributed by atoms with Gasteiger partial charge in [0.2, 0.25) is 16.0 Å². The maximum atomic E-state index is 5.04. The highest BCUT2D eigenvalue weighted by atomic mass is 32.1. The lowest BCUT2D eigenvalue weighted by molar-refractivity contribution is 0.201. The van der Waals surface area contributed by atoms with E-state index in [1.54, 1.807) is 11.3 Å².